The first-order valence-electron chi connectivity index (χ1n) is 13.0. The van der Waals surface area contributed by atoms with Crippen molar-refractivity contribution in [2.45, 2.75) is 38.1 Å². The van der Waals surface area contributed by atoms with E-state index in [0.717, 1.165) is 57.4 Å². The molecule has 3 aromatic rings. The van der Waals surface area contributed by atoms with Gasteiger partial charge in [0.1, 0.15) is 0 Å². The fraction of sp³-hybridized carbons (Fsp3) is 0.355. The Bertz CT molecular complexity index is 1140. The van der Waals surface area contributed by atoms with Crippen molar-refractivity contribution in [1.82, 2.24) is 9.80 Å². The molecule has 1 spiro atoms. The van der Waals surface area contributed by atoms with Crippen molar-refractivity contribution in [3.8, 4) is 0 Å². The maximum atomic E-state index is 13.4. The van der Waals surface area contributed by atoms with Crippen molar-refractivity contribution in [3.63, 3.8) is 0 Å². The lowest BCUT2D eigenvalue weighted by atomic mass is 9.77. The molecule has 0 saturated carbocycles. The van der Waals surface area contributed by atoms with Gasteiger partial charge in [0.2, 0.25) is 5.91 Å². The van der Waals surface area contributed by atoms with Gasteiger partial charge in [-0.2, -0.15) is 0 Å². The molecule has 0 atom stereocenters. The molecule has 0 radical (unpaired) electrons. The van der Waals surface area contributed by atoms with Gasteiger partial charge in [-0.1, -0.05) is 72.8 Å². The minimum Gasteiger partial charge on any atom is -0.478 e. The SMILES string of the molecule is Cl.O=C(O)c1ccc(CN2CCC3(CCN(CCC(c4ccccc4)c4ccccc4)CC3)C2=O)cc1. The normalized spacial score (nSPS) is 17.2. The van der Waals surface area contributed by atoms with Gasteiger partial charge in [-0.05, 0) is 74.1 Å². The Balaban J connectivity index is 0.00000320. The standard InChI is InChI=1S/C31H34N2O3.ClH/c34-29(35)27-13-11-24(12-14-27)23-33-22-18-31(30(33)36)16-20-32(21-17-31)19-15-28(25-7-3-1-4-8-25)26-9-5-2-6-10-26;/h1-14,28H,15-23H2,(H,34,35);1H. The first kappa shape index (κ1) is 26.9. The van der Waals surface area contributed by atoms with Crippen molar-refractivity contribution in [2.24, 2.45) is 5.41 Å². The molecule has 0 aromatic heterocycles. The Morgan fingerprint density at radius 2 is 1.35 bits per heavy atom. The molecule has 37 heavy (non-hydrogen) atoms. The van der Waals surface area contributed by atoms with Crippen LogP contribution in [0.4, 0.5) is 0 Å². The van der Waals surface area contributed by atoms with Crippen LogP contribution >= 0.6 is 12.4 Å². The molecule has 2 fully saturated rings. The summed E-state index contributed by atoms with van der Waals surface area (Å²) in [4.78, 5) is 29.0. The van der Waals surface area contributed by atoms with Crippen LogP contribution in [0.25, 0.3) is 0 Å². The summed E-state index contributed by atoms with van der Waals surface area (Å²) >= 11 is 0. The van der Waals surface area contributed by atoms with E-state index in [-0.39, 0.29) is 29.3 Å². The highest BCUT2D eigenvalue weighted by Crippen LogP contribution is 2.42. The van der Waals surface area contributed by atoms with Gasteiger partial charge in [0.25, 0.3) is 0 Å². The van der Waals surface area contributed by atoms with Crippen LogP contribution in [0, 0.1) is 5.41 Å². The lowest BCUT2D eigenvalue weighted by molar-refractivity contribution is -0.138. The number of carboxylic acid groups (broad SMARTS) is 1. The number of hydrogen-bond acceptors (Lipinski definition) is 3. The molecule has 5 rings (SSSR count). The van der Waals surface area contributed by atoms with Gasteiger partial charge in [0.05, 0.1) is 11.0 Å². The first-order chi connectivity index (χ1) is 17.5. The maximum absolute atomic E-state index is 13.4. The van der Waals surface area contributed by atoms with E-state index in [1.807, 2.05) is 17.0 Å². The highest BCUT2D eigenvalue weighted by Gasteiger charge is 2.47. The van der Waals surface area contributed by atoms with Gasteiger partial charge < -0.3 is 14.9 Å². The number of aromatic carboxylic acids is 1. The number of piperidine rings is 1. The summed E-state index contributed by atoms with van der Waals surface area (Å²) in [6.45, 7) is 4.29. The highest BCUT2D eigenvalue weighted by molar-refractivity contribution is 5.87. The predicted octanol–water partition coefficient (Wildman–Crippen LogP) is 5.84. The van der Waals surface area contributed by atoms with Crippen LogP contribution in [0.3, 0.4) is 0 Å². The third-order valence-corrected chi connectivity index (χ3v) is 8.13. The van der Waals surface area contributed by atoms with Gasteiger partial charge in [0.15, 0.2) is 0 Å². The molecule has 2 aliphatic rings. The first-order valence-corrected chi connectivity index (χ1v) is 13.0. The number of benzene rings is 3. The molecular formula is C31H35ClN2O3. The van der Waals surface area contributed by atoms with Crippen LogP contribution in [0.5, 0.6) is 0 Å². The van der Waals surface area contributed by atoms with E-state index in [4.69, 9.17) is 5.11 Å². The van der Waals surface area contributed by atoms with Crippen LogP contribution in [0.1, 0.15) is 58.6 Å². The molecule has 0 aliphatic carbocycles. The van der Waals surface area contributed by atoms with Crippen LogP contribution in [0.2, 0.25) is 0 Å². The summed E-state index contributed by atoms with van der Waals surface area (Å²) in [6, 6.07) is 28.4. The summed E-state index contributed by atoms with van der Waals surface area (Å²) in [5.74, 6) is -0.279. The topological polar surface area (TPSA) is 60.9 Å². The van der Waals surface area contributed by atoms with E-state index in [9.17, 15) is 9.59 Å². The Labute approximate surface area is 225 Å². The van der Waals surface area contributed by atoms with Gasteiger partial charge >= 0.3 is 5.97 Å². The van der Waals surface area contributed by atoms with E-state index >= 15 is 0 Å². The van der Waals surface area contributed by atoms with Gasteiger partial charge in [-0.25, -0.2) is 4.79 Å². The van der Waals surface area contributed by atoms with Gasteiger partial charge in [-0.3, -0.25) is 4.79 Å². The number of hydrogen-bond donors (Lipinski definition) is 1. The lowest BCUT2D eigenvalue weighted by Crippen LogP contribution is -2.45. The van der Waals surface area contributed by atoms with Crippen LogP contribution in [-0.2, 0) is 11.3 Å². The Kier molecular flexibility index (Phi) is 8.67. The minimum absolute atomic E-state index is 0. The zero-order valence-electron chi connectivity index (χ0n) is 21.1. The van der Waals surface area contributed by atoms with Crippen molar-refractivity contribution in [3.05, 3.63) is 107 Å². The van der Waals surface area contributed by atoms with Crippen molar-refractivity contribution < 1.29 is 14.7 Å². The number of likely N-dealkylation sites (tertiary alicyclic amines) is 2. The zero-order valence-corrected chi connectivity index (χ0v) is 21.9. The largest absolute Gasteiger partial charge is 0.478 e. The second-order valence-electron chi connectivity index (χ2n) is 10.3. The van der Waals surface area contributed by atoms with Crippen LogP contribution < -0.4 is 0 Å². The fourth-order valence-electron chi connectivity index (χ4n) is 5.89. The molecule has 0 bridgehead atoms. The number of rotatable bonds is 8. The van der Waals surface area contributed by atoms with Crippen molar-refractivity contribution >= 4 is 24.3 Å². The predicted molar refractivity (Wildman–Crippen MR) is 148 cm³/mol. The van der Waals surface area contributed by atoms with E-state index in [1.165, 1.54) is 11.1 Å². The Morgan fingerprint density at radius 3 is 1.89 bits per heavy atom. The van der Waals surface area contributed by atoms with Crippen molar-refractivity contribution in [1.29, 1.82) is 0 Å². The quantitative estimate of drug-likeness (QED) is 0.407. The van der Waals surface area contributed by atoms with E-state index in [0.29, 0.717) is 12.5 Å². The fourth-order valence-corrected chi connectivity index (χ4v) is 5.89. The number of nitrogens with zero attached hydrogens (tertiary/aromatic N) is 2. The second kappa shape index (κ2) is 11.9. The Morgan fingerprint density at radius 1 is 0.811 bits per heavy atom. The summed E-state index contributed by atoms with van der Waals surface area (Å²) in [6.07, 6.45) is 3.82. The molecule has 1 N–H and O–H groups in total. The summed E-state index contributed by atoms with van der Waals surface area (Å²) < 4.78 is 0. The third-order valence-electron chi connectivity index (χ3n) is 8.13. The summed E-state index contributed by atoms with van der Waals surface area (Å²) in [5.41, 5.74) is 3.74. The molecule has 2 saturated heterocycles. The molecule has 2 aliphatic heterocycles. The van der Waals surface area contributed by atoms with E-state index in [2.05, 4.69) is 65.6 Å². The van der Waals surface area contributed by atoms with Crippen LogP contribution in [-0.4, -0.2) is 53.0 Å². The molecule has 194 valence electrons. The minimum atomic E-state index is -0.927. The lowest BCUT2D eigenvalue weighted by Gasteiger charge is -2.38. The van der Waals surface area contributed by atoms with E-state index in [1.54, 1.807) is 12.1 Å². The zero-order chi connectivity index (χ0) is 25.0. The number of carboxylic acids is 1. The smallest absolute Gasteiger partial charge is 0.335 e. The van der Waals surface area contributed by atoms with Crippen LogP contribution in [0.15, 0.2) is 84.9 Å². The number of amides is 1. The average molecular weight is 519 g/mol. The monoisotopic (exact) mass is 518 g/mol. The molecule has 2 heterocycles. The summed E-state index contributed by atoms with van der Waals surface area (Å²) in [7, 11) is 0. The van der Waals surface area contributed by atoms with Gasteiger partial charge in [0, 0.05) is 19.0 Å². The Hall–Kier alpha value is -3.15. The third kappa shape index (κ3) is 6.06. The average Bonchev–Trinajstić information content (AvgIpc) is 3.21. The van der Waals surface area contributed by atoms with E-state index < -0.39 is 5.97 Å². The highest BCUT2D eigenvalue weighted by atomic mass is 35.5. The van der Waals surface area contributed by atoms with Gasteiger partial charge in [-0.15, -0.1) is 12.4 Å². The molecule has 5 nitrogen and oxygen atoms in total. The molecule has 0 unspecified atom stereocenters. The van der Waals surface area contributed by atoms with Crippen molar-refractivity contribution in [2.75, 3.05) is 26.2 Å². The molecule has 1 amide bonds. The number of carbonyl (C=O) groups excluding carboxylic acids is 1. The molecular weight excluding hydrogens is 484 g/mol. The maximum Gasteiger partial charge on any atom is 0.335 e. The molecule has 6 heteroatoms. The second-order valence-corrected chi connectivity index (χ2v) is 10.3. The number of carbonyl (C=O) groups is 2. The number of halogens is 1. The summed E-state index contributed by atoms with van der Waals surface area (Å²) in [5, 5.41) is 9.11. The molecule has 3 aromatic carbocycles.